The van der Waals surface area contributed by atoms with Crippen LogP contribution in [0.5, 0.6) is 11.5 Å². The molecule has 0 aliphatic carbocycles. The Morgan fingerprint density at radius 2 is 1.74 bits per heavy atom. The van der Waals surface area contributed by atoms with Gasteiger partial charge in [-0.2, -0.15) is 4.98 Å². The summed E-state index contributed by atoms with van der Waals surface area (Å²) in [5.74, 6) is 1.26. The Labute approximate surface area is 195 Å². The number of benzene rings is 2. The Bertz CT molecular complexity index is 1220. The van der Waals surface area contributed by atoms with Crippen molar-refractivity contribution in [3.63, 3.8) is 0 Å². The third-order valence-corrected chi connectivity index (χ3v) is 5.88. The largest absolute Gasteiger partial charge is 0.486 e. The van der Waals surface area contributed by atoms with Gasteiger partial charge in [0.1, 0.15) is 18.8 Å². The molecule has 1 saturated heterocycles. The first kappa shape index (κ1) is 21.8. The molecule has 176 valence electrons. The number of carbonyl (C=O) groups is 1. The molecule has 0 bridgehead atoms. The topological polar surface area (TPSA) is 124 Å². The number of carbonyl (C=O) groups excluding carboxylic acids is 1. The van der Waals surface area contributed by atoms with E-state index in [0.29, 0.717) is 63.4 Å². The molecular formula is C23H23N5O6. The molecule has 1 aromatic heterocycles. The third kappa shape index (κ3) is 4.42. The molecule has 1 fully saturated rings. The Hall–Kier alpha value is -3.99. The summed E-state index contributed by atoms with van der Waals surface area (Å²) < 4.78 is 16.3. The van der Waals surface area contributed by atoms with Crippen LogP contribution >= 0.6 is 0 Å². The van der Waals surface area contributed by atoms with E-state index in [4.69, 9.17) is 14.0 Å². The second-order valence-corrected chi connectivity index (χ2v) is 8.22. The fraction of sp³-hybridized carbons (Fsp3) is 0.348. The second kappa shape index (κ2) is 9.10. The van der Waals surface area contributed by atoms with E-state index in [-0.39, 0.29) is 17.0 Å². The van der Waals surface area contributed by atoms with E-state index >= 15 is 0 Å². The zero-order valence-corrected chi connectivity index (χ0v) is 18.6. The average Bonchev–Trinajstić information content (AvgIpc) is 3.32. The van der Waals surface area contributed by atoms with Gasteiger partial charge in [0.15, 0.2) is 11.5 Å². The number of aryl methyl sites for hydroxylation is 1. The van der Waals surface area contributed by atoms with Crippen molar-refractivity contribution in [2.75, 3.05) is 39.4 Å². The van der Waals surface area contributed by atoms with Crippen LogP contribution in [0.25, 0.3) is 11.4 Å². The highest BCUT2D eigenvalue weighted by molar-refractivity contribution is 5.99. The molecule has 0 spiro atoms. The maximum absolute atomic E-state index is 13.1. The molecule has 2 aromatic carbocycles. The summed E-state index contributed by atoms with van der Waals surface area (Å²) in [7, 11) is 0. The molecule has 5 rings (SSSR count). The van der Waals surface area contributed by atoms with Crippen molar-refractivity contribution in [2.24, 2.45) is 0 Å². The third-order valence-electron chi connectivity index (χ3n) is 5.88. The Kier molecular flexibility index (Phi) is 5.84. The lowest BCUT2D eigenvalue weighted by molar-refractivity contribution is -0.385. The average molecular weight is 465 g/mol. The van der Waals surface area contributed by atoms with E-state index < -0.39 is 10.8 Å². The van der Waals surface area contributed by atoms with Gasteiger partial charge in [0, 0.05) is 37.8 Å². The number of nitrogens with zero attached hydrogens (tertiary/aromatic N) is 5. The standard InChI is InChI=1S/C23H23N5O6/c1-15-2-4-16(5-3-15)22-24-21(34-25-22)14-26-6-8-27(9-7-26)23(29)17-12-19-20(33-11-10-32-19)13-18(17)28(30)31/h2-5,12-13H,6-11,14H2,1H3. The molecule has 34 heavy (non-hydrogen) atoms. The molecule has 0 atom stereocenters. The van der Waals surface area contributed by atoms with Crippen LogP contribution in [-0.4, -0.2) is 70.2 Å². The van der Waals surface area contributed by atoms with Crippen LogP contribution in [-0.2, 0) is 6.54 Å². The SMILES string of the molecule is Cc1ccc(-c2noc(CN3CCN(C(=O)c4cc5c(cc4[N+](=O)[O-])OCCO5)CC3)n2)cc1. The van der Waals surface area contributed by atoms with Crippen molar-refractivity contribution in [1.82, 2.24) is 19.9 Å². The van der Waals surface area contributed by atoms with E-state index in [9.17, 15) is 14.9 Å². The summed E-state index contributed by atoms with van der Waals surface area (Å²) in [5, 5.41) is 15.6. The van der Waals surface area contributed by atoms with Crippen molar-refractivity contribution < 1.29 is 23.7 Å². The molecule has 11 heteroatoms. The van der Waals surface area contributed by atoms with Crippen molar-refractivity contribution in [1.29, 1.82) is 0 Å². The molecule has 0 N–H and O–H groups in total. The highest BCUT2D eigenvalue weighted by atomic mass is 16.6. The fourth-order valence-electron chi connectivity index (χ4n) is 4.01. The first-order chi connectivity index (χ1) is 16.5. The van der Waals surface area contributed by atoms with Crippen LogP contribution in [0.15, 0.2) is 40.9 Å². The zero-order chi connectivity index (χ0) is 23.7. The monoisotopic (exact) mass is 465 g/mol. The predicted molar refractivity (Wildman–Crippen MR) is 120 cm³/mol. The summed E-state index contributed by atoms with van der Waals surface area (Å²) in [5.41, 5.74) is 1.76. The molecule has 11 nitrogen and oxygen atoms in total. The Balaban J connectivity index is 1.23. The fourth-order valence-corrected chi connectivity index (χ4v) is 4.01. The molecule has 0 saturated carbocycles. The molecule has 2 aliphatic rings. The predicted octanol–water partition coefficient (Wildman–Crippen LogP) is 2.68. The highest BCUT2D eigenvalue weighted by Gasteiger charge is 2.31. The number of fused-ring (bicyclic) bond motifs is 1. The van der Waals surface area contributed by atoms with Gasteiger partial charge >= 0.3 is 0 Å². The van der Waals surface area contributed by atoms with Crippen LogP contribution in [0.1, 0.15) is 21.8 Å². The Morgan fingerprint density at radius 1 is 1.06 bits per heavy atom. The van der Waals surface area contributed by atoms with Gasteiger partial charge in [0.25, 0.3) is 11.6 Å². The van der Waals surface area contributed by atoms with Crippen LogP contribution in [0, 0.1) is 17.0 Å². The molecular weight excluding hydrogens is 442 g/mol. The summed E-state index contributed by atoms with van der Waals surface area (Å²) in [4.78, 5) is 32.3. The smallest absolute Gasteiger partial charge is 0.286 e. The van der Waals surface area contributed by atoms with Gasteiger partial charge in [-0.1, -0.05) is 35.0 Å². The van der Waals surface area contributed by atoms with Crippen molar-refractivity contribution in [3.05, 3.63) is 63.5 Å². The summed E-state index contributed by atoms with van der Waals surface area (Å²) in [6.45, 7) is 5.11. The number of ether oxygens (including phenoxy) is 2. The van der Waals surface area contributed by atoms with Gasteiger partial charge in [-0.05, 0) is 6.92 Å². The van der Waals surface area contributed by atoms with Gasteiger partial charge in [-0.15, -0.1) is 0 Å². The summed E-state index contributed by atoms with van der Waals surface area (Å²) >= 11 is 0. The van der Waals surface area contributed by atoms with Gasteiger partial charge in [0.05, 0.1) is 17.5 Å². The maximum Gasteiger partial charge on any atom is 0.286 e. The first-order valence-corrected chi connectivity index (χ1v) is 11.0. The Morgan fingerprint density at radius 3 is 2.41 bits per heavy atom. The van der Waals surface area contributed by atoms with Crippen LogP contribution in [0.3, 0.4) is 0 Å². The number of amides is 1. The van der Waals surface area contributed by atoms with E-state index in [1.807, 2.05) is 31.2 Å². The normalized spacial score (nSPS) is 15.9. The quantitative estimate of drug-likeness (QED) is 0.413. The maximum atomic E-state index is 13.1. The van der Waals surface area contributed by atoms with Gasteiger partial charge in [-0.25, -0.2) is 0 Å². The van der Waals surface area contributed by atoms with Crippen LogP contribution < -0.4 is 9.47 Å². The zero-order valence-electron chi connectivity index (χ0n) is 18.6. The lowest BCUT2D eigenvalue weighted by atomic mass is 10.1. The molecule has 3 heterocycles. The van der Waals surface area contributed by atoms with E-state index in [1.54, 1.807) is 4.90 Å². The molecule has 0 radical (unpaired) electrons. The van der Waals surface area contributed by atoms with Crippen molar-refractivity contribution >= 4 is 11.6 Å². The lowest BCUT2D eigenvalue weighted by Gasteiger charge is -2.34. The number of rotatable bonds is 5. The minimum absolute atomic E-state index is 0.00217. The molecule has 0 unspecified atom stereocenters. The number of hydrogen-bond acceptors (Lipinski definition) is 9. The van der Waals surface area contributed by atoms with E-state index in [1.165, 1.54) is 12.1 Å². The molecule has 1 amide bonds. The van der Waals surface area contributed by atoms with E-state index in [2.05, 4.69) is 15.0 Å². The number of nitro benzene ring substituents is 1. The van der Waals surface area contributed by atoms with Gasteiger partial charge in [0.2, 0.25) is 11.7 Å². The number of aromatic nitrogens is 2. The summed E-state index contributed by atoms with van der Waals surface area (Å²) in [6.07, 6.45) is 0. The summed E-state index contributed by atoms with van der Waals surface area (Å²) in [6, 6.07) is 10.6. The second-order valence-electron chi connectivity index (χ2n) is 8.22. The van der Waals surface area contributed by atoms with E-state index in [0.717, 1.165) is 11.1 Å². The molecule has 2 aliphatic heterocycles. The lowest BCUT2D eigenvalue weighted by Crippen LogP contribution is -2.48. The van der Waals surface area contributed by atoms with Gasteiger partial charge < -0.3 is 18.9 Å². The van der Waals surface area contributed by atoms with Crippen molar-refractivity contribution in [2.45, 2.75) is 13.5 Å². The van der Waals surface area contributed by atoms with Gasteiger partial charge in [-0.3, -0.25) is 19.8 Å². The number of piperazine rings is 1. The minimum Gasteiger partial charge on any atom is -0.486 e. The number of hydrogen-bond donors (Lipinski definition) is 0. The molecule has 3 aromatic rings. The minimum atomic E-state index is -0.567. The number of nitro groups is 1. The first-order valence-electron chi connectivity index (χ1n) is 11.0. The van der Waals surface area contributed by atoms with Crippen molar-refractivity contribution in [3.8, 4) is 22.9 Å². The highest BCUT2D eigenvalue weighted by Crippen LogP contribution is 2.37. The van der Waals surface area contributed by atoms with Crippen LogP contribution in [0.2, 0.25) is 0 Å². The van der Waals surface area contributed by atoms with Crippen LogP contribution in [0.4, 0.5) is 5.69 Å².